The Labute approximate surface area is 137 Å². The van der Waals surface area contributed by atoms with Crippen LogP contribution < -0.4 is 0 Å². The summed E-state index contributed by atoms with van der Waals surface area (Å²) in [6.07, 6.45) is 3.99. The highest BCUT2D eigenvalue weighted by atomic mass is 19.1. The summed E-state index contributed by atoms with van der Waals surface area (Å²) in [5.74, 6) is 0.157. The lowest BCUT2D eigenvalue weighted by atomic mass is 9.92. The summed E-state index contributed by atoms with van der Waals surface area (Å²) < 4.78 is 25.6. The van der Waals surface area contributed by atoms with Crippen molar-refractivity contribution in [1.29, 1.82) is 0 Å². The lowest BCUT2D eigenvalue weighted by Crippen LogP contribution is -2.52. The molecule has 4 fully saturated rings. The van der Waals surface area contributed by atoms with E-state index in [-0.39, 0.29) is 12.0 Å². The van der Waals surface area contributed by atoms with Gasteiger partial charge in [0.1, 0.15) is 0 Å². The van der Waals surface area contributed by atoms with Gasteiger partial charge in [0.05, 0.1) is 12.7 Å². The van der Waals surface area contributed by atoms with Crippen LogP contribution in [0.25, 0.3) is 0 Å². The first-order valence-electron chi connectivity index (χ1n) is 9.07. The number of amides is 1. The number of nitrogens with zero attached hydrogens (tertiary/aromatic N) is 2. The van der Waals surface area contributed by atoms with Crippen LogP contribution in [-0.2, 0) is 14.3 Å². The fourth-order valence-corrected chi connectivity index (χ4v) is 4.25. The van der Waals surface area contributed by atoms with Crippen LogP contribution in [0, 0.1) is 5.92 Å². The number of alkyl halides is 1. The molecule has 5 nitrogen and oxygen atoms in total. The number of likely N-dealkylation sites (tertiary alicyclic amines) is 1. The second-order valence-corrected chi connectivity index (χ2v) is 7.51. The van der Waals surface area contributed by atoms with Crippen LogP contribution >= 0.6 is 0 Å². The summed E-state index contributed by atoms with van der Waals surface area (Å²) in [5.41, 5.74) is -1.55. The number of hydrogen-bond acceptors (Lipinski definition) is 4. The third-order valence-electron chi connectivity index (χ3n) is 5.94. The SMILES string of the molecule is O=C(N1CCC2CN(C3CCOCC3)CCOC2C1)C1(F)CC1. The molecule has 0 spiro atoms. The Hall–Kier alpha value is -0.720. The van der Waals surface area contributed by atoms with Crippen molar-refractivity contribution >= 4 is 5.91 Å². The molecule has 0 N–H and O–H groups in total. The fraction of sp³-hybridized carbons (Fsp3) is 0.941. The first-order valence-corrected chi connectivity index (χ1v) is 9.07. The third-order valence-corrected chi connectivity index (χ3v) is 5.94. The van der Waals surface area contributed by atoms with E-state index < -0.39 is 5.67 Å². The summed E-state index contributed by atoms with van der Waals surface area (Å²) in [7, 11) is 0. The first-order chi connectivity index (χ1) is 11.2. The van der Waals surface area contributed by atoms with Crippen molar-refractivity contribution < 1.29 is 18.7 Å². The maximum Gasteiger partial charge on any atom is 0.260 e. The average molecular weight is 326 g/mol. The van der Waals surface area contributed by atoms with Gasteiger partial charge in [-0.2, -0.15) is 0 Å². The van der Waals surface area contributed by atoms with Crippen LogP contribution in [0.15, 0.2) is 0 Å². The molecule has 1 aliphatic carbocycles. The molecule has 130 valence electrons. The summed E-state index contributed by atoms with van der Waals surface area (Å²) in [6, 6.07) is 0.603. The molecule has 0 aromatic carbocycles. The van der Waals surface area contributed by atoms with E-state index in [4.69, 9.17) is 9.47 Å². The molecular weight excluding hydrogens is 299 g/mol. The molecule has 3 saturated heterocycles. The Morgan fingerprint density at radius 1 is 1.04 bits per heavy atom. The van der Waals surface area contributed by atoms with Crippen molar-refractivity contribution in [3.05, 3.63) is 0 Å². The molecule has 0 bridgehead atoms. The third kappa shape index (κ3) is 3.26. The number of piperidine rings is 1. The second-order valence-electron chi connectivity index (χ2n) is 7.51. The second kappa shape index (κ2) is 6.30. The van der Waals surface area contributed by atoms with Gasteiger partial charge >= 0.3 is 0 Å². The largest absolute Gasteiger partial charge is 0.381 e. The van der Waals surface area contributed by atoms with E-state index in [9.17, 15) is 9.18 Å². The standard InChI is InChI=1S/C17H27FN2O3/c18-17(4-5-17)16(21)20-6-1-13-11-19(7-10-23-15(13)12-20)14-2-8-22-9-3-14/h13-15H,1-12H2. The van der Waals surface area contributed by atoms with E-state index in [0.29, 0.717) is 44.5 Å². The van der Waals surface area contributed by atoms with Crippen molar-refractivity contribution in [2.45, 2.75) is 49.9 Å². The van der Waals surface area contributed by atoms with Crippen LogP contribution in [0.4, 0.5) is 4.39 Å². The van der Waals surface area contributed by atoms with E-state index in [2.05, 4.69) is 4.90 Å². The molecule has 1 amide bonds. The lowest BCUT2D eigenvalue weighted by Gasteiger charge is -2.40. The van der Waals surface area contributed by atoms with Gasteiger partial charge in [0.15, 0.2) is 5.67 Å². The summed E-state index contributed by atoms with van der Waals surface area (Å²) in [5, 5.41) is 0. The zero-order chi connectivity index (χ0) is 15.9. The van der Waals surface area contributed by atoms with E-state index >= 15 is 0 Å². The van der Waals surface area contributed by atoms with Crippen LogP contribution in [0.1, 0.15) is 32.1 Å². The minimum absolute atomic E-state index is 0.0693. The highest BCUT2D eigenvalue weighted by Gasteiger charge is 2.53. The zero-order valence-corrected chi connectivity index (χ0v) is 13.7. The fourth-order valence-electron chi connectivity index (χ4n) is 4.25. The van der Waals surface area contributed by atoms with Gasteiger partial charge in [-0.1, -0.05) is 0 Å². The molecule has 4 aliphatic rings. The highest BCUT2D eigenvalue weighted by molar-refractivity contribution is 5.88. The number of ether oxygens (including phenoxy) is 2. The topological polar surface area (TPSA) is 42.0 Å². The van der Waals surface area contributed by atoms with Crippen molar-refractivity contribution in [2.75, 3.05) is 46.0 Å². The quantitative estimate of drug-likeness (QED) is 0.765. The van der Waals surface area contributed by atoms with Crippen molar-refractivity contribution in [2.24, 2.45) is 5.92 Å². The van der Waals surface area contributed by atoms with E-state index in [1.165, 1.54) is 0 Å². The number of halogens is 1. The Bertz CT molecular complexity index is 451. The molecule has 6 heteroatoms. The van der Waals surface area contributed by atoms with Crippen LogP contribution in [0.3, 0.4) is 0 Å². The number of carbonyl (C=O) groups excluding carboxylic acids is 1. The van der Waals surface area contributed by atoms with Crippen LogP contribution in [0.5, 0.6) is 0 Å². The molecule has 0 radical (unpaired) electrons. The minimum Gasteiger partial charge on any atom is -0.381 e. The molecule has 3 aliphatic heterocycles. The monoisotopic (exact) mass is 326 g/mol. The maximum atomic E-state index is 14.0. The van der Waals surface area contributed by atoms with Gasteiger partial charge in [0, 0.05) is 51.4 Å². The predicted molar refractivity (Wildman–Crippen MR) is 82.9 cm³/mol. The Morgan fingerprint density at radius 3 is 2.57 bits per heavy atom. The Morgan fingerprint density at radius 2 is 1.83 bits per heavy atom. The first kappa shape index (κ1) is 15.8. The Balaban J connectivity index is 1.37. The minimum atomic E-state index is -1.55. The van der Waals surface area contributed by atoms with Gasteiger partial charge in [0.2, 0.25) is 0 Å². The lowest BCUT2D eigenvalue weighted by molar-refractivity contribution is -0.143. The van der Waals surface area contributed by atoms with Gasteiger partial charge in [-0.15, -0.1) is 0 Å². The number of hydrogen-bond donors (Lipinski definition) is 0. The Kier molecular flexibility index (Phi) is 4.32. The summed E-state index contributed by atoms with van der Waals surface area (Å²) in [4.78, 5) is 16.5. The average Bonchev–Trinajstić information content (AvgIpc) is 3.37. The maximum absolute atomic E-state index is 14.0. The number of fused-ring (bicyclic) bond motifs is 1. The molecule has 2 unspecified atom stereocenters. The van der Waals surface area contributed by atoms with Crippen molar-refractivity contribution in [1.82, 2.24) is 9.80 Å². The van der Waals surface area contributed by atoms with E-state index in [1.54, 1.807) is 4.90 Å². The smallest absolute Gasteiger partial charge is 0.260 e. The normalized spacial score (nSPS) is 35.4. The van der Waals surface area contributed by atoms with Crippen molar-refractivity contribution in [3.8, 4) is 0 Å². The molecular formula is C17H27FN2O3. The van der Waals surface area contributed by atoms with E-state index in [1.807, 2.05) is 0 Å². The van der Waals surface area contributed by atoms with Gasteiger partial charge < -0.3 is 14.4 Å². The summed E-state index contributed by atoms with van der Waals surface area (Å²) >= 11 is 0. The van der Waals surface area contributed by atoms with Gasteiger partial charge in [-0.3, -0.25) is 9.69 Å². The number of carbonyl (C=O) groups is 1. The van der Waals surface area contributed by atoms with Crippen LogP contribution in [0.2, 0.25) is 0 Å². The molecule has 4 rings (SSSR count). The van der Waals surface area contributed by atoms with E-state index in [0.717, 1.165) is 45.6 Å². The molecule has 2 atom stereocenters. The molecule has 3 heterocycles. The van der Waals surface area contributed by atoms with Crippen molar-refractivity contribution in [3.63, 3.8) is 0 Å². The summed E-state index contributed by atoms with van der Waals surface area (Å²) in [6.45, 7) is 5.67. The van der Waals surface area contributed by atoms with Gasteiger partial charge in [-0.05, 0) is 32.1 Å². The van der Waals surface area contributed by atoms with Gasteiger partial charge in [-0.25, -0.2) is 4.39 Å². The zero-order valence-electron chi connectivity index (χ0n) is 13.7. The molecule has 0 aromatic heterocycles. The number of rotatable bonds is 2. The molecule has 23 heavy (non-hydrogen) atoms. The highest BCUT2D eigenvalue weighted by Crippen LogP contribution is 2.42. The predicted octanol–water partition coefficient (Wildman–Crippen LogP) is 1.22. The molecule has 1 saturated carbocycles. The molecule has 0 aromatic rings. The van der Waals surface area contributed by atoms with Crippen LogP contribution in [-0.4, -0.2) is 79.5 Å². The van der Waals surface area contributed by atoms with Gasteiger partial charge in [0.25, 0.3) is 5.91 Å².